The third-order valence-corrected chi connectivity index (χ3v) is 3.32. The fourth-order valence-electron chi connectivity index (χ4n) is 1.49. The minimum Gasteiger partial charge on any atom is -0.370 e. The quantitative estimate of drug-likeness (QED) is 0.437. The Bertz CT molecular complexity index is 229. The van der Waals surface area contributed by atoms with Gasteiger partial charge in [-0.05, 0) is 20.8 Å². The van der Waals surface area contributed by atoms with Crippen molar-refractivity contribution in [1.82, 2.24) is 10.2 Å². The summed E-state index contributed by atoms with van der Waals surface area (Å²) in [7, 11) is 0. The predicted molar refractivity (Wildman–Crippen MR) is 73.1 cm³/mol. The molecule has 0 bridgehead atoms. The van der Waals surface area contributed by atoms with Gasteiger partial charge < -0.3 is 16.0 Å². The van der Waals surface area contributed by atoms with Gasteiger partial charge in [-0.25, -0.2) is 0 Å². The second kappa shape index (κ2) is 6.35. The maximum Gasteiger partial charge on any atom is 0.191 e. The molecule has 1 fully saturated rings. The van der Waals surface area contributed by atoms with Crippen LogP contribution in [-0.4, -0.2) is 54.1 Å². The fourth-order valence-corrected chi connectivity index (χ4v) is 2.40. The lowest BCUT2D eigenvalue weighted by molar-refractivity contribution is 0.428. The van der Waals surface area contributed by atoms with Gasteiger partial charge >= 0.3 is 0 Å². The number of aliphatic imine (C=N–C) groups is 1. The van der Waals surface area contributed by atoms with Gasteiger partial charge in [0.2, 0.25) is 0 Å². The average molecular weight is 244 g/mol. The summed E-state index contributed by atoms with van der Waals surface area (Å²) in [4.78, 5) is 6.57. The van der Waals surface area contributed by atoms with Gasteiger partial charge in [0.05, 0.1) is 6.54 Å². The van der Waals surface area contributed by atoms with Crippen molar-refractivity contribution in [2.24, 2.45) is 10.7 Å². The summed E-state index contributed by atoms with van der Waals surface area (Å²) in [5.74, 6) is 3.03. The maximum atomic E-state index is 5.94. The van der Waals surface area contributed by atoms with Crippen molar-refractivity contribution in [2.45, 2.75) is 26.3 Å². The van der Waals surface area contributed by atoms with Gasteiger partial charge in [0.1, 0.15) is 0 Å². The minimum absolute atomic E-state index is 0.159. The molecule has 0 unspecified atom stereocenters. The molecule has 0 radical (unpaired) electrons. The van der Waals surface area contributed by atoms with E-state index in [1.807, 2.05) is 11.8 Å². The number of guanidine groups is 1. The lowest BCUT2D eigenvalue weighted by Gasteiger charge is -2.27. The van der Waals surface area contributed by atoms with Crippen LogP contribution in [0, 0.1) is 0 Å². The molecule has 5 heteroatoms. The third-order valence-electron chi connectivity index (χ3n) is 2.38. The molecule has 1 rings (SSSR count). The molecule has 3 N–H and O–H groups in total. The van der Waals surface area contributed by atoms with Crippen molar-refractivity contribution in [3.63, 3.8) is 0 Å². The van der Waals surface area contributed by atoms with Gasteiger partial charge in [-0.15, -0.1) is 0 Å². The van der Waals surface area contributed by atoms with Gasteiger partial charge in [-0.2, -0.15) is 11.8 Å². The molecule has 0 aliphatic carbocycles. The molecule has 1 heterocycles. The number of hydrogen-bond acceptors (Lipinski definition) is 3. The molecule has 94 valence electrons. The van der Waals surface area contributed by atoms with Crippen LogP contribution < -0.4 is 11.1 Å². The van der Waals surface area contributed by atoms with Gasteiger partial charge in [0, 0.05) is 36.7 Å². The van der Waals surface area contributed by atoms with Crippen molar-refractivity contribution in [3.8, 4) is 0 Å². The number of rotatable bonds is 3. The Morgan fingerprint density at radius 1 is 1.38 bits per heavy atom. The van der Waals surface area contributed by atoms with Gasteiger partial charge in [-0.3, -0.25) is 4.99 Å². The molecule has 16 heavy (non-hydrogen) atoms. The van der Waals surface area contributed by atoms with Crippen molar-refractivity contribution < 1.29 is 0 Å². The first-order valence-corrected chi connectivity index (χ1v) is 7.02. The highest BCUT2D eigenvalue weighted by molar-refractivity contribution is 7.99. The van der Waals surface area contributed by atoms with E-state index in [1.54, 1.807) is 0 Å². The highest BCUT2D eigenvalue weighted by Gasteiger charge is 2.12. The molecule has 0 aromatic carbocycles. The van der Waals surface area contributed by atoms with Crippen LogP contribution >= 0.6 is 11.8 Å². The van der Waals surface area contributed by atoms with Crippen LogP contribution in [0.2, 0.25) is 0 Å². The molecular weight excluding hydrogens is 220 g/mol. The van der Waals surface area contributed by atoms with E-state index in [1.165, 1.54) is 0 Å². The summed E-state index contributed by atoms with van der Waals surface area (Å²) < 4.78 is 0. The van der Waals surface area contributed by atoms with Crippen LogP contribution in [0.5, 0.6) is 0 Å². The molecule has 0 aromatic heterocycles. The van der Waals surface area contributed by atoms with E-state index >= 15 is 0 Å². The van der Waals surface area contributed by atoms with E-state index in [-0.39, 0.29) is 5.54 Å². The van der Waals surface area contributed by atoms with Gasteiger partial charge in [-0.1, -0.05) is 0 Å². The number of thioether (sulfide) groups is 1. The summed E-state index contributed by atoms with van der Waals surface area (Å²) in [6.07, 6.45) is 0. The van der Waals surface area contributed by atoms with E-state index in [9.17, 15) is 0 Å². The van der Waals surface area contributed by atoms with Crippen LogP contribution in [0.3, 0.4) is 0 Å². The normalized spacial score (nSPS) is 18.9. The smallest absolute Gasteiger partial charge is 0.191 e. The lowest BCUT2D eigenvalue weighted by atomic mass is 10.1. The average Bonchev–Trinajstić information content (AvgIpc) is 2.24. The highest BCUT2D eigenvalue weighted by atomic mass is 32.2. The predicted octanol–water partition coefficient (Wildman–Crippen LogP) is 0.738. The van der Waals surface area contributed by atoms with Crippen LogP contribution in [-0.2, 0) is 0 Å². The Morgan fingerprint density at radius 3 is 2.56 bits per heavy atom. The Morgan fingerprint density at radius 2 is 2.00 bits per heavy atom. The molecule has 1 aliphatic rings. The zero-order valence-corrected chi connectivity index (χ0v) is 11.4. The summed E-state index contributed by atoms with van der Waals surface area (Å²) in [5, 5.41) is 3.39. The Balaban J connectivity index is 2.22. The van der Waals surface area contributed by atoms with Crippen LogP contribution in [0.25, 0.3) is 0 Å². The van der Waals surface area contributed by atoms with Gasteiger partial charge in [0.25, 0.3) is 0 Å². The monoisotopic (exact) mass is 244 g/mol. The maximum absolute atomic E-state index is 5.94. The molecule has 0 spiro atoms. The van der Waals surface area contributed by atoms with Crippen molar-refractivity contribution in [2.75, 3.05) is 37.7 Å². The Hall–Kier alpha value is -0.420. The van der Waals surface area contributed by atoms with Crippen molar-refractivity contribution in [1.29, 1.82) is 0 Å². The molecule has 0 saturated carbocycles. The van der Waals surface area contributed by atoms with Gasteiger partial charge in [0.15, 0.2) is 5.96 Å². The second-order valence-corrected chi connectivity index (χ2v) is 6.24. The molecule has 0 atom stereocenters. The molecular formula is C11H24N4S. The molecule has 0 aromatic rings. The van der Waals surface area contributed by atoms with Crippen LogP contribution in [0.4, 0.5) is 0 Å². The number of nitrogens with two attached hydrogens (primary N) is 1. The highest BCUT2D eigenvalue weighted by Crippen LogP contribution is 2.08. The van der Waals surface area contributed by atoms with E-state index in [0.717, 1.165) is 37.7 Å². The zero-order chi connectivity index (χ0) is 12.0. The topological polar surface area (TPSA) is 53.6 Å². The standard InChI is InChI=1S/C11H24N4S/c1-11(2,3)14-5-4-13-10(12)15-6-8-16-9-7-15/h14H,4-9H2,1-3H3,(H2,12,13). The Kier molecular flexibility index (Phi) is 5.41. The summed E-state index contributed by atoms with van der Waals surface area (Å²) in [6, 6.07) is 0. The van der Waals surface area contributed by atoms with E-state index in [4.69, 9.17) is 5.73 Å². The summed E-state index contributed by atoms with van der Waals surface area (Å²) in [5.41, 5.74) is 6.10. The van der Waals surface area contributed by atoms with Crippen LogP contribution in [0.1, 0.15) is 20.8 Å². The second-order valence-electron chi connectivity index (χ2n) is 5.02. The molecule has 0 amide bonds. The number of nitrogens with one attached hydrogen (secondary N) is 1. The number of nitrogens with zero attached hydrogens (tertiary/aromatic N) is 2. The molecule has 4 nitrogen and oxygen atoms in total. The summed E-state index contributed by atoms with van der Waals surface area (Å²) >= 11 is 1.98. The first kappa shape index (κ1) is 13.6. The minimum atomic E-state index is 0.159. The van der Waals surface area contributed by atoms with Crippen molar-refractivity contribution >= 4 is 17.7 Å². The Labute approximate surface area is 103 Å². The first-order chi connectivity index (χ1) is 7.49. The SMILES string of the molecule is CC(C)(C)NCCN=C(N)N1CCSCC1. The lowest BCUT2D eigenvalue weighted by Crippen LogP contribution is -2.43. The van der Waals surface area contributed by atoms with Crippen LogP contribution in [0.15, 0.2) is 4.99 Å². The first-order valence-electron chi connectivity index (χ1n) is 5.87. The largest absolute Gasteiger partial charge is 0.370 e. The van der Waals surface area contributed by atoms with E-state index < -0.39 is 0 Å². The van der Waals surface area contributed by atoms with Crippen molar-refractivity contribution in [3.05, 3.63) is 0 Å². The number of hydrogen-bond donors (Lipinski definition) is 2. The zero-order valence-electron chi connectivity index (χ0n) is 10.6. The third kappa shape index (κ3) is 5.61. The fraction of sp³-hybridized carbons (Fsp3) is 0.909. The van der Waals surface area contributed by atoms with E-state index in [0.29, 0.717) is 5.96 Å². The molecule has 1 aliphatic heterocycles. The van der Waals surface area contributed by atoms with E-state index in [2.05, 4.69) is 36.0 Å². The summed E-state index contributed by atoms with van der Waals surface area (Å²) in [6.45, 7) is 10.2. The molecule has 1 saturated heterocycles.